The van der Waals surface area contributed by atoms with E-state index < -0.39 is 5.54 Å². The van der Waals surface area contributed by atoms with Crippen molar-refractivity contribution in [3.8, 4) is 5.75 Å². The Bertz CT molecular complexity index is 1120. The molecule has 0 spiro atoms. The quantitative estimate of drug-likeness (QED) is 0.722. The number of imidazole rings is 1. The predicted octanol–water partition coefficient (Wildman–Crippen LogP) is 3.49. The van der Waals surface area contributed by atoms with Gasteiger partial charge in [-0.3, -0.25) is 19.4 Å². The van der Waals surface area contributed by atoms with Gasteiger partial charge in [0.2, 0.25) is 5.95 Å². The van der Waals surface area contributed by atoms with Crippen LogP contribution in [-0.2, 0) is 12.1 Å². The molecule has 138 valence electrons. The molecule has 3 heterocycles. The number of anilines is 1. The largest absolute Gasteiger partial charge is 0.490 e. The van der Waals surface area contributed by atoms with Crippen LogP contribution in [-0.4, -0.2) is 31.8 Å². The number of carbonyl (C=O) groups is 1. The molecule has 27 heavy (non-hydrogen) atoms. The molecular weight excluding hydrogens is 344 g/mol. The number of aromatic nitrogens is 4. The Balaban J connectivity index is 1.84. The molecule has 0 bridgehead atoms. The van der Waals surface area contributed by atoms with Gasteiger partial charge in [0.25, 0.3) is 5.91 Å². The monoisotopic (exact) mass is 364 g/mol. The Morgan fingerprint density at radius 3 is 2.89 bits per heavy atom. The maximum absolute atomic E-state index is 12.9. The minimum atomic E-state index is -0.398. The fourth-order valence-corrected chi connectivity index (χ4v) is 3.46. The average molecular weight is 364 g/mol. The van der Waals surface area contributed by atoms with Crippen LogP contribution in [0, 0.1) is 13.5 Å². The normalized spacial score (nSPS) is 14.6. The summed E-state index contributed by atoms with van der Waals surface area (Å²) in [7, 11) is 0. The highest BCUT2D eigenvalue weighted by atomic mass is 16.5. The molecule has 0 radical (unpaired) electrons. The van der Waals surface area contributed by atoms with E-state index in [1.807, 2.05) is 32.3 Å². The molecule has 1 N–H and O–H groups in total. The second-order valence-corrected chi connectivity index (χ2v) is 7.24. The lowest BCUT2D eigenvalue weighted by molar-refractivity contribution is 0.101. The third-order valence-electron chi connectivity index (χ3n) is 4.68. The van der Waals surface area contributed by atoms with Crippen LogP contribution in [0.3, 0.4) is 0 Å². The van der Waals surface area contributed by atoms with E-state index in [1.54, 1.807) is 22.9 Å². The average Bonchev–Trinajstić information content (AvgIpc) is 3.19. The third kappa shape index (κ3) is 2.63. The summed E-state index contributed by atoms with van der Waals surface area (Å²) in [6.07, 6.45) is 0. The topological polar surface area (TPSA) is 78.3 Å². The van der Waals surface area contributed by atoms with Crippen LogP contribution in [0.25, 0.3) is 15.9 Å². The van der Waals surface area contributed by atoms with Gasteiger partial charge in [0.15, 0.2) is 5.69 Å². The molecule has 1 aromatic carbocycles. The molecule has 1 aliphatic heterocycles. The van der Waals surface area contributed by atoms with Gasteiger partial charge in [0.05, 0.1) is 23.3 Å². The molecule has 1 amide bonds. The summed E-state index contributed by atoms with van der Waals surface area (Å²) in [6, 6.07) is 5.18. The van der Waals surface area contributed by atoms with Crippen molar-refractivity contribution in [3.05, 3.63) is 41.0 Å². The molecule has 0 fully saturated rings. The Labute approximate surface area is 156 Å². The number of benzene rings is 1. The van der Waals surface area contributed by atoms with E-state index in [0.717, 1.165) is 11.2 Å². The summed E-state index contributed by atoms with van der Waals surface area (Å²) < 4.78 is 9.51. The van der Waals surface area contributed by atoms with Crippen molar-refractivity contribution in [1.82, 2.24) is 19.3 Å². The SMILES string of the molecule is [C-]#[N+]c1cc2c3c(c1)nc(NC(=O)c1cc(C)nn1CC)n3C(C)(C)CO2. The van der Waals surface area contributed by atoms with Crippen molar-refractivity contribution in [1.29, 1.82) is 0 Å². The lowest BCUT2D eigenvalue weighted by Gasteiger charge is -2.33. The van der Waals surface area contributed by atoms with Crippen molar-refractivity contribution in [2.24, 2.45) is 0 Å². The molecule has 0 atom stereocenters. The zero-order chi connectivity index (χ0) is 19.3. The molecule has 8 nitrogen and oxygen atoms in total. The molecule has 0 aliphatic carbocycles. The van der Waals surface area contributed by atoms with Gasteiger partial charge in [-0.25, -0.2) is 9.83 Å². The summed E-state index contributed by atoms with van der Waals surface area (Å²) in [6.45, 7) is 16.1. The molecule has 0 saturated heterocycles. The van der Waals surface area contributed by atoms with E-state index in [1.165, 1.54) is 0 Å². The molecule has 1 aliphatic rings. The number of hydrogen-bond donors (Lipinski definition) is 1. The maximum Gasteiger partial charge on any atom is 0.276 e. The number of hydrogen-bond acceptors (Lipinski definition) is 4. The number of nitrogens with one attached hydrogen (secondary N) is 1. The van der Waals surface area contributed by atoms with E-state index in [0.29, 0.717) is 41.7 Å². The van der Waals surface area contributed by atoms with Crippen LogP contribution in [0.15, 0.2) is 18.2 Å². The number of ether oxygens (including phenoxy) is 1. The van der Waals surface area contributed by atoms with Gasteiger partial charge < -0.3 is 4.74 Å². The first-order chi connectivity index (χ1) is 12.8. The number of rotatable bonds is 3. The molecule has 0 unspecified atom stereocenters. The second kappa shape index (κ2) is 5.84. The molecule has 0 saturated carbocycles. The standard InChI is InChI=1S/C19H20N6O2/c1-6-24-14(7-11(2)23-24)17(26)22-18-21-13-8-12(20-5)9-15-16(13)25(18)19(3,4)10-27-15/h7-9H,6,10H2,1-4H3,(H,21,22,26). The van der Waals surface area contributed by atoms with E-state index in [9.17, 15) is 4.79 Å². The number of aryl methyl sites for hydroxylation is 2. The van der Waals surface area contributed by atoms with Crippen LogP contribution >= 0.6 is 0 Å². The Kier molecular flexibility index (Phi) is 3.70. The zero-order valence-corrected chi connectivity index (χ0v) is 15.7. The Morgan fingerprint density at radius 2 is 2.19 bits per heavy atom. The lowest BCUT2D eigenvalue weighted by atomic mass is 10.0. The van der Waals surface area contributed by atoms with Gasteiger partial charge >= 0.3 is 0 Å². The minimum absolute atomic E-state index is 0.266. The van der Waals surface area contributed by atoms with Crippen molar-refractivity contribution < 1.29 is 9.53 Å². The maximum atomic E-state index is 12.9. The van der Waals surface area contributed by atoms with Crippen LogP contribution in [0.1, 0.15) is 37.0 Å². The van der Waals surface area contributed by atoms with Gasteiger partial charge in [0.1, 0.15) is 23.6 Å². The van der Waals surface area contributed by atoms with Gasteiger partial charge in [-0.15, -0.1) is 0 Å². The highest BCUT2D eigenvalue weighted by Gasteiger charge is 2.34. The zero-order valence-electron chi connectivity index (χ0n) is 15.7. The van der Waals surface area contributed by atoms with E-state index in [-0.39, 0.29) is 5.91 Å². The smallest absolute Gasteiger partial charge is 0.276 e. The van der Waals surface area contributed by atoms with Crippen LogP contribution in [0.5, 0.6) is 5.75 Å². The van der Waals surface area contributed by atoms with E-state index >= 15 is 0 Å². The van der Waals surface area contributed by atoms with E-state index in [2.05, 4.69) is 20.2 Å². The van der Waals surface area contributed by atoms with Gasteiger partial charge in [-0.1, -0.05) is 0 Å². The Morgan fingerprint density at radius 1 is 1.41 bits per heavy atom. The minimum Gasteiger partial charge on any atom is -0.490 e. The first-order valence-corrected chi connectivity index (χ1v) is 8.77. The predicted molar refractivity (Wildman–Crippen MR) is 101 cm³/mol. The van der Waals surface area contributed by atoms with Gasteiger partial charge in [0, 0.05) is 6.54 Å². The highest BCUT2D eigenvalue weighted by Crippen LogP contribution is 2.41. The first kappa shape index (κ1) is 17.1. The number of carbonyl (C=O) groups excluding carboxylic acids is 1. The summed E-state index contributed by atoms with van der Waals surface area (Å²) in [5.41, 5.74) is 2.75. The number of nitrogens with zero attached hydrogens (tertiary/aromatic N) is 5. The van der Waals surface area contributed by atoms with Gasteiger partial charge in [-0.2, -0.15) is 5.10 Å². The molecule has 8 heteroatoms. The van der Waals surface area contributed by atoms with E-state index in [4.69, 9.17) is 11.3 Å². The fraction of sp³-hybridized carbons (Fsp3) is 0.368. The summed E-state index contributed by atoms with van der Waals surface area (Å²) in [5, 5.41) is 7.26. The summed E-state index contributed by atoms with van der Waals surface area (Å²) in [4.78, 5) is 21.0. The van der Waals surface area contributed by atoms with Crippen molar-refractivity contribution in [3.63, 3.8) is 0 Å². The van der Waals surface area contributed by atoms with Gasteiger partial charge in [-0.05, 0) is 45.9 Å². The van der Waals surface area contributed by atoms with Crippen molar-refractivity contribution in [2.45, 2.75) is 39.8 Å². The van der Waals surface area contributed by atoms with Crippen molar-refractivity contribution >= 4 is 28.6 Å². The van der Waals surface area contributed by atoms with Crippen LogP contribution in [0.2, 0.25) is 0 Å². The van der Waals surface area contributed by atoms with Crippen molar-refractivity contribution in [2.75, 3.05) is 11.9 Å². The lowest BCUT2D eigenvalue weighted by Crippen LogP contribution is -2.37. The van der Waals surface area contributed by atoms with Crippen LogP contribution in [0.4, 0.5) is 11.6 Å². The number of amides is 1. The molecular formula is C19H20N6O2. The summed E-state index contributed by atoms with van der Waals surface area (Å²) >= 11 is 0. The Hall–Kier alpha value is -3.34. The fourth-order valence-electron chi connectivity index (χ4n) is 3.46. The summed E-state index contributed by atoms with van der Waals surface area (Å²) in [5.74, 6) is 0.784. The third-order valence-corrected chi connectivity index (χ3v) is 4.68. The highest BCUT2D eigenvalue weighted by molar-refractivity contribution is 6.03. The molecule has 3 aromatic rings. The second-order valence-electron chi connectivity index (χ2n) is 7.24. The molecule has 4 rings (SSSR count). The van der Waals surface area contributed by atoms with Crippen LogP contribution < -0.4 is 10.1 Å². The molecule has 2 aromatic heterocycles. The first-order valence-electron chi connectivity index (χ1n) is 8.77.